The van der Waals surface area contributed by atoms with Crippen molar-refractivity contribution < 1.29 is 14.3 Å². The Morgan fingerprint density at radius 2 is 2.17 bits per heavy atom. The number of ether oxygens (including phenoxy) is 2. The molecule has 0 aliphatic carbocycles. The Balaban J connectivity index is 3.09. The lowest BCUT2D eigenvalue weighted by Gasteiger charge is -2.17. The van der Waals surface area contributed by atoms with Gasteiger partial charge in [-0.25, -0.2) is 9.78 Å². The highest BCUT2D eigenvalue weighted by Gasteiger charge is 2.22. The summed E-state index contributed by atoms with van der Waals surface area (Å²) in [6.45, 7) is 4.63. The van der Waals surface area contributed by atoms with E-state index in [1.54, 1.807) is 7.11 Å². The highest BCUT2D eigenvalue weighted by atomic mass is 16.5. The minimum atomic E-state index is -0.500. The number of anilines is 1. The number of methoxy groups -OCH3 is 2. The summed E-state index contributed by atoms with van der Waals surface area (Å²) in [6, 6.07) is 0.130. The van der Waals surface area contributed by atoms with Gasteiger partial charge in [0.1, 0.15) is 11.6 Å². The number of hydrogen-bond donors (Lipinski definition) is 1. The number of rotatable bonds is 6. The molecule has 0 saturated heterocycles. The van der Waals surface area contributed by atoms with E-state index in [0.717, 1.165) is 12.2 Å². The lowest BCUT2D eigenvalue weighted by molar-refractivity contribution is 0.0595. The summed E-state index contributed by atoms with van der Waals surface area (Å²) in [5.74, 6) is 0.652. The number of aromatic nitrogens is 2. The van der Waals surface area contributed by atoms with Crippen LogP contribution in [0.4, 0.5) is 5.82 Å². The fourth-order valence-electron chi connectivity index (χ4n) is 1.90. The van der Waals surface area contributed by atoms with Crippen LogP contribution in [-0.2, 0) is 15.9 Å². The first-order valence-electron chi connectivity index (χ1n) is 6.00. The van der Waals surface area contributed by atoms with E-state index in [0.29, 0.717) is 18.8 Å². The number of carbonyl (C=O) groups excluding carboxylic acids is 1. The van der Waals surface area contributed by atoms with Crippen LogP contribution in [-0.4, -0.2) is 36.3 Å². The molecule has 1 unspecified atom stereocenters. The Hall–Kier alpha value is -1.56. The number of carbonyl (C=O) groups is 1. The standard InChI is InChI=1S/C12H21N3O3/c1-5-9-14-10(12(16)18-4)11(13)15(9)8(2)6-7-17-3/h8H,5-7,13H2,1-4H3. The lowest BCUT2D eigenvalue weighted by atomic mass is 10.2. The van der Waals surface area contributed by atoms with Gasteiger partial charge in [-0.1, -0.05) is 6.92 Å². The summed E-state index contributed by atoms with van der Waals surface area (Å²) in [5.41, 5.74) is 6.18. The predicted molar refractivity (Wildman–Crippen MR) is 68.6 cm³/mol. The van der Waals surface area contributed by atoms with E-state index in [1.807, 2.05) is 18.4 Å². The number of nitrogens with zero attached hydrogens (tertiary/aromatic N) is 2. The molecular weight excluding hydrogens is 234 g/mol. The third kappa shape index (κ3) is 2.81. The summed E-state index contributed by atoms with van der Waals surface area (Å²) in [7, 11) is 2.98. The SMILES string of the molecule is CCc1nc(C(=O)OC)c(N)n1C(C)CCOC. The fraction of sp³-hybridized carbons (Fsp3) is 0.667. The molecule has 0 bridgehead atoms. The second-order valence-corrected chi connectivity index (χ2v) is 4.11. The Bertz CT molecular complexity index is 415. The van der Waals surface area contributed by atoms with Crippen LogP contribution in [0.1, 0.15) is 42.6 Å². The van der Waals surface area contributed by atoms with Crippen molar-refractivity contribution in [1.29, 1.82) is 0 Å². The molecule has 1 aromatic rings. The maximum Gasteiger partial charge on any atom is 0.360 e. The molecule has 6 nitrogen and oxygen atoms in total. The molecule has 0 amide bonds. The van der Waals surface area contributed by atoms with E-state index in [2.05, 4.69) is 9.72 Å². The first-order chi connectivity index (χ1) is 8.56. The third-order valence-electron chi connectivity index (χ3n) is 2.90. The molecule has 1 heterocycles. The van der Waals surface area contributed by atoms with Crippen LogP contribution in [0.5, 0.6) is 0 Å². The number of nitrogen functional groups attached to an aromatic ring is 1. The molecule has 18 heavy (non-hydrogen) atoms. The lowest BCUT2D eigenvalue weighted by Crippen LogP contribution is -2.14. The van der Waals surface area contributed by atoms with Gasteiger partial charge in [0.25, 0.3) is 0 Å². The molecule has 0 aliphatic heterocycles. The summed E-state index contributed by atoms with van der Waals surface area (Å²) < 4.78 is 11.6. The van der Waals surface area contributed by atoms with Gasteiger partial charge in [0, 0.05) is 26.2 Å². The topological polar surface area (TPSA) is 79.4 Å². The minimum absolute atomic E-state index is 0.130. The highest BCUT2D eigenvalue weighted by molar-refractivity contribution is 5.92. The van der Waals surface area contributed by atoms with Gasteiger partial charge in [-0.05, 0) is 13.3 Å². The van der Waals surface area contributed by atoms with Crippen LogP contribution >= 0.6 is 0 Å². The molecule has 0 saturated carbocycles. The van der Waals surface area contributed by atoms with Gasteiger partial charge >= 0.3 is 5.97 Å². The third-order valence-corrected chi connectivity index (χ3v) is 2.90. The monoisotopic (exact) mass is 255 g/mol. The molecule has 1 aromatic heterocycles. The average molecular weight is 255 g/mol. The van der Waals surface area contributed by atoms with E-state index < -0.39 is 5.97 Å². The van der Waals surface area contributed by atoms with Crippen molar-refractivity contribution >= 4 is 11.8 Å². The molecule has 1 atom stereocenters. The Morgan fingerprint density at radius 1 is 1.50 bits per heavy atom. The summed E-state index contributed by atoms with van der Waals surface area (Å²) >= 11 is 0. The van der Waals surface area contributed by atoms with Crippen molar-refractivity contribution in [3.63, 3.8) is 0 Å². The number of esters is 1. The van der Waals surface area contributed by atoms with Gasteiger partial charge < -0.3 is 19.8 Å². The molecule has 6 heteroatoms. The van der Waals surface area contributed by atoms with E-state index in [4.69, 9.17) is 10.5 Å². The van der Waals surface area contributed by atoms with Crippen LogP contribution in [0.25, 0.3) is 0 Å². The van der Waals surface area contributed by atoms with Crippen molar-refractivity contribution in [2.75, 3.05) is 26.6 Å². The van der Waals surface area contributed by atoms with Gasteiger partial charge in [-0.15, -0.1) is 0 Å². The number of hydrogen-bond acceptors (Lipinski definition) is 5. The number of imidazole rings is 1. The predicted octanol–water partition coefficient (Wildman–Crippen LogP) is 1.41. The van der Waals surface area contributed by atoms with Crippen LogP contribution < -0.4 is 5.73 Å². The second-order valence-electron chi connectivity index (χ2n) is 4.11. The summed E-state index contributed by atoms with van der Waals surface area (Å²) in [6.07, 6.45) is 1.52. The van der Waals surface area contributed by atoms with Gasteiger partial charge in [0.2, 0.25) is 0 Å². The summed E-state index contributed by atoms with van der Waals surface area (Å²) in [5, 5.41) is 0. The fourth-order valence-corrected chi connectivity index (χ4v) is 1.90. The molecular formula is C12H21N3O3. The van der Waals surface area contributed by atoms with Crippen molar-refractivity contribution in [3.05, 3.63) is 11.5 Å². The van der Waals surface area contributed by atoms with Crippen molar-refractivity contribution in [2.45, 2.75) is 32.7 Å². The van der Waals surface area contributed by atoms with E-state index >= 15 is 0 Å². The second kappa shape index (κ2) is 6.39. The maximum atomic E-state index is 11.5. The van der Waals surface area contributed by atoms with Gasteiger partial charge in [0.05, 0.1) is 7.11 Å². The van der Waals surface area contributed by atoms with Crippen LogP contribution in [0, 0.1) is 0 Å². The average Bonchev–Trinajstić information content (AvgIpc) is 2.72. The van der Waals surface area contributed by atoms with Crippen LogP contribution in [0.2, 0.25) is 0 Å². The normalized spacial score (nSPS) is 12.4. The Morgan fingerprint density at radius 3 is 2.67 bits per heavy atom. The molecule has 0 aromatic carbocycles. The van der Waals surface area contributed by atoms with Crippen LogP contribution in [0.15, 0.2) is 0 Å². The first kappa shape index (κ1) is 14.5. The van der Waals surface area contributed by atoms with Crippen molar-refractivity contribution in [1.82, 2.24) is 9.55 Å². The Labute approximate surface area is 107 Å². The molecule has 0 aliphatic rings. The smallest absolute Gasteiger partial charge is 0.360 e. The van der Waals surface area contributed by atoms with E-state index in [1.165, 1.54) is 7.11 Å². The molecule has 1 rings (SSSR count). The Kier molecular flexibility index (Phi) is 5.15. The molecule has 2 N–H and O–H groups in total. The van der Waals surface area contributed by atoms with E-state index in [-0.39, 0.29) is 11.7 Å². The van der Waals surface area contributed by atoms with Crippen molar-refractivity contribution in [3.8, 4) is 0 Å². The molecule has 0 radical (unpaired) electrons. The van der Waals surface area contributed by atoms with E-state index in [9.17, 15) is 4.79 Å². The first-order valence-corrected chi connectivity index (χ1v) is 6.00. The van der Waals surface area contributed by atoms with Crippen LogP contribution in [0.3, 0.4) is 0 Å². The quantitative estimate of drug-likeness (QED) is 0.777. The van der Waals surface area contributed by atoms with Gasteiger partial charge in [-0.2, -0.15) is 0 Å². The van der Waals surface area contributed by atoms with Crippen molar-refractivity contribution in [2.24, 2.45) is 0 Å². The minimum Gasteiger partial charge on any atom is -0.464 e. The number of nitrogens with two attached hydrogens (primary N) is 1. The molecule has 102 valence electrons. The largest absolute Gasteiger partial charge is 0.464 e. The zero-order chi connectivity index (χ0) is 13.7. The maximum absolute atomic E-state index is 11.5. The zero-order valence-corrected chi connectivity index (χ0v) is 11.4. The summed E-state index contributed by atoms with van der Waals surface area (Å²) in [4.78, 5) is 15.8. The van der Waals surface area contributed by atoms with Gasteiger partial charge in [0.15, 0.2) is 5.69 Å². The number of aryl methyl sites for hydroxylation is 1. The van der Waals surface area contributed by atoms with Gasteiger partial charge in [-0.3, -0.25) is 0 Å². The zero-order valence-electron chi connectivity index (χ0n) is 11.4. The molecule has 0 fully saturated rings. The highest BCUT2D eigenvalue weighted by Crippen LogP contribution is 2.23. The molecule has 0 spiro atoms.